The summed E-state index contributed by atoms with van der Waals surface area (Å²) in [6.45, 7) is 2.23. The minimum absolute atomic E-state index is 0.255. The van der Waals surface area contributed by atoms with E-state index in [0.29, 0.717) is 35.5 Å². The van der Waals surface area contributed by atoms with E-state index in [-0.39, 0.29) is 5.91 Å². The third-order valence-electron chi connectivity index (χ3n) is 4.17. The average Bonchev–Trinajstić information content (AvgIpc) is 3.11. The molecule has 0 aliphatic carbocycles. The third-order valence-corrected chi connectivity index (χ3v) is 4.17. The Bertz CT molecular complexity index is 833. The van der Waals surface area contributed by atoms with Crippen LogP contribution in [-0.2, 0) is 16.6 Å². The number of benzene rings is 1. The zero-order valence-corrected chi connectivity index (χ0v) is 13.4. The minimum Gasteiger partial charge on any atom is -0.448 e. The largest absolute Gasteiger partial charge is 0.448 e. The Labute approximate surface area is 139 Å². The van der Waals surface area contributed by atoms with Crippen molar-refractivity contribution in [2.75, 3.05) is 11.4 Å². The molecular formula is C17H16N4O3. The van der Waals surface area contributed by atoms with Crippen LogP contribution in [0.2, 0.25) is 0 Å². The van der Waals surface area contributed by atoms with Gasteiger partial charge in [-0.15, -0.1) is 0 Å². The fraction of sp³-hybridized carbons (Fsp3) is 0.294. The second-order valence-corrected chi connectivity index (χ2v) is 5.60. The summed E-state index contributed by atoms with van der Waals surface area (Å²) < 4.78 is 6.94. The van der Waals surface area contributed by atoms with E-state index in [9.17, 15) is 9.59 Å². The molecule has 0 radical (unpaired) electrons. The Kier molecular flexibility index (Phi) is 4.04. The van der Waals surface area contributed by atoms with Gasteiger partial charge in [0.15, 0.2) is 6.10 Å². The van der Waals surface area contributed by atoms with Gasteiger partial charge in [0.25, 0.3) is 5.91 Å². The van der Waals surface area contributed by atoms with Crippen LogP contribution in [0, 0.1) is 18.3 Å². The lowest BCUT2D eigenvalue weighted by atomic mass is 10.2. The fourth-order valence-corrected chi connectivity index (χ4v) is 2.63. The van der Waals surface area contributed by atoms with Gasteiger partial charge < -0.3 is 9.64 Å². The number of aryl methyl sites for hydroxylation is 1. The number of nitrogens with zero attached hydrogens (tertiary/aromatic N) is 4. The lowest BCUT2D eigenvalue weighted by Gasteiger charge is -2.16. The second kappa shape index (κ2) is 6.16. The number of hydrogen-bond donors (Lipinski definition) is 0. The van der Waals surface area contributed by atoms with Gasteiger partial charge in [-0.2, -0.15) is 10.4 Å². The first kappa shape index (κ1) is 15.7. The summed E-state index contributed by atoms with van der Waals surface area (Å²) in [5.74, 6) is -0.796. The zero-order chi connectivity index (χ0) is 17.3. The summed E-state index contributed by atoms with van der Waals surface area (Å²) in [6.07, 6.45) is 1.08. The number of esters is 1. The number of anilines is 1. The van der Waals surface area contributed by atoms with Gasteiger partial charge in [-0.3, -0.25) is 9.48 Å². The molecule has 1 fully saturated rings. The van der Waals surface area contributed by atoms with Crippen LogP contribution in [0.5, 0.6) is 0 Å². The maximum Gasteiger partial charge on any atom is 0.342 e. The lowest BCUT2D eigenvalue weighted by molar-refractivity contribution is -0.124. The minimum atomic E-state index is -0.798. The van der Waals surface area contributed by atoms with Crippen LogP contribution >= 0.6 is 0 Å². The number of aromatic nitrogens is 2. The molecule has 1 saturated heterocycles. The number of amides is 1. The van der Waals surface area contributed by atoms with Gasteiger partial charge in [-0.05, 0) is 31.2 Å². The first-order valence-corrected chi connectivity index (χ1v) is 7.52. The van der Waals surface area contributed by atoms with Crippen molar-refractivity contribution in [3.63, 3.8) is 0 Å². The van der Waals surface area contributed by atoms with E-state index < -0.39 is 12.1 Å². The van der Waals surface area contributed by atoms with Gasteiger partial charge in [0.2, 0.25) is 0 Å². The van der Waals surface area contributed by atoms with Crippen LogP contribution in [0.25, 0.3) is 0 Å². The maximum absolute atomic E-state index is 12.5. The number of nitriles is 1. The van der Waals surface area contributed by atoms with Crippen molar-refractivity contribution in [2.45, 2.75) is 19.4 Å². The molecular weight excluding hydrogens is 308 g/mol. The van der Waals surface area contributed by atoms with Gasteiger partial charge >= 0.3 is 5.97 Å². The monoisotopic (exact) mass is 324 g/mol. The molecule has 7 nitrogen and oxygen atoms in total. The van der Waals surface area contributed by atoms with E-state index >= 15 is 0 Å². The van der Waals surface area contributed by atoms with Gasteiger partial charge in [0.05, 0.1) is 17.8 Å². The fourth-order valence-electron chi connectivity index (χ4n) is 2.63. The standard InChI is InChI=1S/C17H16N4O3/c1-11-14(10-19-20(11)2)17(23)24-15-7-8-21(16(15)22)13-5-3-12(9-18)4-6-13/h3-6,10,15H,7-8H2,1-2H3/t15-/m1/s1. The van der Waals surface area contributed by atoms with Crippen molar-refractivity contribution in [1.82, 2.24) is 9.78 Å². The first-order chi connectivity index (χ1) is 11.5. The highest BCUT2D eigenvalue weighted by Crippen LogP contribution is 2.24. The van der Waals surface area contributed by atoms with Gasteiger partial charge in [0, 0.05) is 31.4 Å². The molecule has 0 N–H and O–H groups in total. The van der Waals surface area contributed by atoms with Gasteiger partial charge in [0.1, 0.15) is 5.56 Å². The molecule has 2 aromatic rings. The summed E-state index contributed by atoms with van der Waals surface area (Å²) in [6, 6.07) is 8.77. The maximum atomic E-state index is 12.5. The number of ether oxygens (including phenoxy) is 1. The molecule has 3 rings (SSSR count). The number of carbonyl (C=O) groups excluding carboxylic acids is 2. The highest BCUT2D eigenvalue weighted by Gasteiger charge is 2.36. The molecule has 1 aliphatic heterocycles. The molecule has 7 heteroatoms. The quantitative estimate of drug-likeness (QED) is 0.800. The van der Waals surface area contributed by atoms with Crippen molar-refractivity contribution in [3.05, 3.63) is 47.3 Å². The molecule has 1 aromatic heterocycles. The van der Waals surface area contributed by atoms with Crippen molar-refractivity contribution in [3.8, 4) is 6.07 Å². The van der Waals surface area contributed by atoms with E-state index in [0.717, 1.165) is 0 Å². The predicted octanol–water partition coefficient (Wildman–Crippen LogP) is 1.56. The normalized spacial score (nSPS) is 17.0. The van der Waals surface area contributed by atoms with Crippen molar-refractivity contribution >= 4 is 17.6 Å². The van der Waals surface area contributed by atoms with Crippen molar-refractivity contribution in [1.29, 1.82) is 5.26 Å². The topological polar surface area (TPSA) is 88.2 Å². The van der Waals surface area contributed by atoms with Crippen molar-refractivity contribution in [2.24, 2.45) is 7.05 Å². The smallest absolute Gasteiger partial charge is 0.342 e. The van der Waals surface area contributed by atoms with E-state index in [1.54, 1.807) is 47.8 Å². The van der Waals surface area contributed by atoms with E-state index in [1.165, 1.54) is 6.20 Å². The average molecular weight is 324 g/mol. The van der Waals surface area contributed by atoms with Crippen LogP contribution in [0.4, 0.5) is 5.69 Å². The highest BCUT2D eigenvalue weighted by atomic mass is 16.5. The van der Waals surface area contributed by atoms with Gasteiger partial charge in [-0.1, -0.05) is 0 Å². The SMILES string of the molecule is Cc1c(C(=O)O[C@@H]2CCN(c3ccc(C#N)cc3)C2=O)cnn1C. The molecule has 0 saturated carbocycles. The van der Waals surface area contributed by atoms with Crippen LogP contribution in [0.15, 0.2) is 30.5 Å². The molecule has 1 aliphatic rings. The molecule has 0 bridgehead atoms. The zero-order valence-electron chi connectivity index (χ0n) is 13.4. The molecule has 1 amide bonds. The Hall–Kier alpha value is -3.14. The number of rotatable bonds is 3. The summed E-state index contributed by atoms with van der Waals surface area (Å²) in [7, 11) is 1.74. The van der Waals surface area contributed by atoms with Crippen LogP contribution in [0.1, 0.15) is 28.0 Å². The Morgan fingerprint density at radius 2 is 2.08 bits per heavy atom. The lowest BCUT2D eigenvalue weighted by Crippen LogP contribution is -2.32. The number of carbonyl (C=O) groups is 2. The van der Waals surface area contributed by atoms with E-state index in [2.05, 4.69) is 5.10 Å². The van der Waals surface area contributed by atoms with E-state index in [1.807, 2.05) is 6.07 Å². The summed E-state index contributed by atoms with van der Waals surface area (Å²) in [5, 5.41) is 12.8. The number of hydrogen-bond acceptors (Lipinski definition) is 5. The van der Waals surface area contributed by atoms with Crippen LogP contribution in [-0.4, -0.2) is 34.3 Å². The molecule has 0 unspecified atom stereocenters. The summed E-state index contributed by atoms with van der Waals surface area (Å²) in [5.41, 5.74) is 2.27. The van der Waals surface area contributed by atoms with Crippen molar-refractivity contribution < 1.29 is 14.3 Å². The van der Waals surface area contributed by atoms with E-state index in [4.69, 9.17) is 10.00 Å². The summed E-state index contributed by atoms with van der Waals surface area (Å²) in [4.78, 5) is 26.3. The molecule has 1 aromatic carbocycles. The molecule has 122 valence electrons. The molecule has 24 heavy (non-hydrogen) atoms. The molecule has 1 atom stereocenters. The van der Waals surface area contributed by atoms with Crippen LogP contribution in [0.3, 0.4) is 0 Å². The Balaban J connectivity index is 1.71. The first-order valence-electron chi connectivity index (χ1n) is 7.52. The third kappa shape index (κ3) is 2.74. The molecule has 2 heterocycles. The van der Waals surface area contributed by atoms with Gasteiger partial charge in [-0.25, -0.2) is 4.79 Å². The Morgan fingerprint density at radius 3 is 2.67 bits per heavy atom. The van der Waals surface area contributed by atoms with Crippen LogP contribution < -0.4 is 4.90 Å². The summed E-state index contributed by atoms with van der Waals surface area (Å²) >= 11 is 0. The second-order valence-electron chi connectivity index (χ2n) is 5.60. The Morgan fingerprint density at radius 1 is 1.38 bits per heavy atom. The highest BCUT2D eigenvalue weighted by molar-refractivity contribution is 6.01. The molecule has 0 spiro atoms. The predicted molar refractivity (Wildman–Crippen MR) is 85.3 cm³/mol.